The van der Waals surface area contributed by atoms with E-state index in [0.717, 1.165) is 5.56 Å². The third-order valence-corrected chi connectivity index (χ3v) is 7.11. The zero-order valence-electron chi connectivity index (χ0n) is 20.3. The number of nitrogens with one attached hydrogen (secondary N) is 1. The molecule has 2 aromatic carbocycles. The fraction of sp³-hybridized carbons (Fsp3) is 0.333. The Morgan fingerprint density at radius 1 is 1.19 bits per heavy atom. The van der Waals surface area contributed by atoms with E-state index in [1.54, 1.807) is 19.1 Å². The fourth-order valence-corrected chi connectivity index (χ4v) is 5.33. The van der Waals surface area contributed by atoms with Gasteiger partial charge in [0.25, 0.3) is 5.69 Å². The van der Waals surface area contributed by atoms with Crippen molar-refractivity contribution in [3.8, 4) is 11.5 Å². The van der Waals surface area contributed by atoms with Crippen molar-refractivity contribution in [1.82, 2.24) is 5.32 Å². The highest BCUT2D eigenvalue weighted by molar-refractivity contribution is 6.30. The monoisotopic (exact) mass is 524 g/mol. The predicted molar refractivity (Wildman–Crippen MR) is 135 cm³/mol. The Kier molecular flexibility index (Phi) is 6.64. The normalized spacial score (nSPS) is 20.5. The lowest BCUT2D eigenvalue weighted by Crippen LogP contribution is -2.36. The van der Waals surface area contributed by atoms with Crippen molar-refractivity contribution in [3.63, 3.8) is 0 Å². The number of halogens is 1. The number of rotatable bonds is 6. The van der Waals surface area contributed by atoms with E-state index in [2.05, 4.69) is 5.32 Å². The van der Waals surface area contributed by atoms with Crippen molar-refractivity contribution >= 4 is 29.0 Å². The van der Waals surface area contributed by atoms with Gasteiger partial charge in [0.1, 0.15) is 0 Å². The van der Waals surface area contributed by atoms with Crippen LogP contribution in [0.5, 0.6) is 11.5 Å². The molecule has 2 atom stereocenters. The van der Waals surface area contributed by atoms with E-state index >= 15 is 0 Å². The lowest BCUT2D eigenvalue weighted by molar-refractivity contribution is -0.385. The van der Waals surface area contributed by atoms with Crippen LogP contribution in [0.25, 0.3) is 0 Å². The molecule has 0 spiro atoms. The standard InChI is InChI=1S/C27H25ClN2O7/c1-3-8-35-27(32)24-14(2)29-19-9-16(15-4-6-17(28)7-5-15)10-21(31)26(19)25(24)18-11-22-23(37-13-36-22)12-20(18)30(33)34/h4-7,11-12,16,25,29H,3,8-10,13H2,1-2H3/t16-,25-/m1/s1. The van der Waals surface area contributed by atoms with Gasteiger partial charge in [-0.3, -0.25) is 14.9 Å². The van der Waals surface area contributed by atoms with E-state index < -0.39 is 16.8 Å². The third kappa shape index (κ3) is 4.55. The van der Waals surface area contributed by atoms with Crippen LogP contribution < -0.4 is 14.8 Å². The molecular formula is C27H25ClN2O7. The average Bonchev–Trinajstić information content (AvgIpc) is 3.33. The number of hydrogen-bond acceptors (Lipinski definition) is 8. The molecule has 1 aliphatic carbocycles. The average molecular weight is 525 g/mol. The van der Waals surface area contributed by atoms with Crippen molar-refractivity contribution < 1.29 is 28.7 Å². The molecule has 1 N–H and O–H groups in total. The number of benzene rings is 2. The van der Waals surface area contributed by atoms with Gasteiger partial charge in [0.2, 0.25) is 6.79 Å². The highest BCUT2D eigenvalue weighted by atomic mass is 35.5. The van der Waals surface area contributed by atoms with Crippen molar-refractivity contribution in [2.45, 2.75) is 44.9 Å². The summed E-state index contributed by atoms with van der Waals surface area (Å²) < 4.78 is 16.3. The van der Waals surface area contributed by atoms with Crippen LogP contribution >= 0.6 is 11.6 Å². The molecule has 0 saturated carbocycles. The summed E-state index contributed by atoms with van der Waals surface area (Å²) in [6.07, 6.45) is 1.29. The second-order valence-corrected chi connectivity index (χ2v) is 9.66. The van der Waals surface area contributed by atoms with Crippen LogP contribution in [0.1, 0.15) is 56.1 Å². The Bertz CT molecular complexity index is 1360. The van der Waals surface area contributed by atoms with Crippen molar-refractivity contribution in [2.24, 2.45) is 0 Å². The number of nitrogens with zero attached hydrogens (tertiary/aromatic N) is 1. The molecule has 2 aliphatic heterocycles. The smallest absolute Gasteiger partial charge is 0.336 e. The molecule has 3 aliphatic rings. The van der Waals surface area contributed by atoms with Crippen LogP contribution in [0, 0.1) is 10.1 Å². The predicted octanol–water partition coefficient (Wildman–Crippen LogP) is 5.29. The van der Waals surface area contributed by atoms with Crippen LogP contribution in [0.4, 0.5) is 5.69 Å². The molecule has 37 heavy (non-hydrogen) atoms. The van der Waals surface area contributed by atoms with Crippen molar-refractivity contribution in [1.29, 1.82) is 0 Å². The second kappa shape index (κ2) is 9.89. The first-order chi connectivity index (χ1) is 17.8. The summed E-state index contributed by atoms with van der Waals surface area (Å²) in [4.78, 5) is 38.6. The number of ketones is 1. The van der Waals surface area contributed by atoms with Crippen molar-refractivity contribution in [3.05, 3.63) is 85.2 Å². The molecule has 0 bridgehead atoms. The molecule has 0 amide bonds. The number of carbonyl (C=O) groups excluding carboxylic acids is 2. The Balaban J connectivity index is 1.66. The van der Waals surface area contributed by atoms with Gasteiger partial charge in [0.15, 0.2) is 17.3 Å². The summed E-state index contributed by atoms with van der Waals surface area (Å²) in [6.45, 7) is 3.70. The summed E-state index contributed by atoms with van der Waals surface area (Å²) in [7, 11) is 0. The lowest BCUT2D eigenvalue weighted by Gasteiger charge is -2.36. The fourth-order valence-electron chi connectivity index (χ4n) is 5.20. The van der Waals surface area contributed by atoms with Crippen LogP contribution in [-0.2, 0) is 14.3 Å². The van der Waals surface area contributed by atoms with E-state index in [1.165, 1.54) is 12.1 Å². The van der Waals surface area contributed by atoms with Gasteiger partial charge in [0.05, 0.1) is 29.1 Å². The number of nitro benzene ring substituents is 1. The van der Waals surface area contributed by atoms with Crippen LogP contribution in [0.2, 0.25) is 5.02 Å². The molecular weight excluding hydrogens is 500 g/mol. The number of nitro groups is 1. The molecule has 9 nitrogen and oxygen atoms in total. The number of ether oxygens (including phenoxy) is 3. The minimum absolute atomic E-state index is 0.0714. The maximum Gasteiger partial charge on any atom is 0.336 e. The first-order valence-corrected chi connectivity index (χ1v) is 12.4. The second-order valence-electron chi connectivity index (χ2n) is 9.23. The Morgan fingerprint density at radius 3 is 2.57 bits per heavy atom. The number of allylic oxidation sites excluding steroid dienone is 3. The first kappa shape index (κ1) is 24.8. The van der Waals surface area contributed by atoms with E-state index in [4.69, 9.17) is 25.8 Å². The van der Waals surface area contributed by atoms with Gasteiger partial charge in [-0.1, -0.05) is 30.7 Å². The van der Waals surface area contributed by atoms with Gasteiger partial charge < -0.3 is 19.5 Å². The molecule has 192 valence electrons. The Hall–Kier alpha value is -3.85. The summed E-state index contributed by atoms with van der Waals surface area (Å²) >= 11 is 6.05. The molecule has 0 aromatic heterocycles. The number of hydrogen-bond donors (Lipinski definition) is 1. The van der Waals surface area contributed by atoms with Gasteiger partial charge in [-0.2, -0.15) is 0 Å². The number of Topliss-reactive ketones (excluding diaryl/α,β-unsaturated/α-hetero) is 1. The van der Waals surface area contributed by atoms with Gasteiger partial charge in [0, 0.05) is 34.0 Å². The quantitative estimate of drug-likeness (QED) is 0.307. The summed E-state index contributed by atoms with van der Waals surface area (Å²) in [5, 5.41) is 16.0. The topological polar surface area (TPSA) is 117 Å². The summed E-state index contributed by atoms with van der Waals surface area (Å²) in [5.74, 6) is -1.35. The van der Waals surface area contributed by atoms with Crippen molar-refractivity contribution in [2.75, 3.05) is 13.4 Å². The van der Waals surface area contributed by atoms with E-state index in [-0.39, 0.29) is 54.1 Å². The molecule has 0 radical (unpaired) electrons. The molecule has 0 saturated heterocycles. The minimum atomic E-state index is -0.992. The largest absolute Gasteiger partial charge is 0.462 e. The van der Waals surface area contributed by atoms with Crippen LogP contribution in [-0.4, -0.2) is 30.1 Å². The molecule has 5 rings (SSSR count). The lowest BCUT2D eigenvalue weighted by atomic mass is 9.71. The van der Waals surface area contributed by atoms with E-state index in [0.29, 0.717) is 40.6 Å². The van der Waals surface area contributed by atoms with E-state index in [1.807, 2.05) is 19.1 Å². The van der Waals surface area contributed by atoms with Gasteiger partial charge in [-0.05, 0) is 49.4 Å². The number of esters is 1. The Labute approximate surface area is 218 Å². The van der Waals surface area contributed by atoms with E-state index in [9.17, 15) is 19.7 Å². The zero-order valence-corrected chi connectivity index (χ0v) is 21.1. The molecule has 2 aromatic rings. The van der Waals surface area contributed by atoms with Crippen LogP contribution in [0.15, 0.2) is 58.9 Å². The molecule has 0 fully saturated rings. The molecule has 10 heteroatoms. The third-order valence-electron chi connectivity index (χ3n) is 6.86. The number of carbonyl (C=O) groups is 2. The van der Waals surface area contributed by atoms with Crippen LogP contribution in [0.3, 0.4) is 0 Å². The highest BCUT2D eigenvalue weighted by Crippen LogP contribution is 2.50. The Morgan fingerprint density at radius 2 is 1.89 bits per heavy atom. The summed E-state index contributed by atoms with van der Waals surface area (Å²) in [5.41, 5.74) is 2.52. The van der Waals surface area contributed by atoms with Gasteiger partial charge in [-0.25, -0.2) is 4.79 Å². The first-order valence-electron chi connectivity index (χ1n) is 12.0. The highest BCUT2D eigenvalue weighted by Gasteiger charge is 2.44. The SMILES string of the molecule is CCCOC(=O)C1=C(C)NC2=C(C(=O)C[C@H](c3ccc(Cl)cc3)C2)[C@@H]1c1cc2c(cc1[N+](=O)[O-])OCO2. The van der Waals surface area contributed by atoms with Gasteiger partial charge in [-0.15, -0.1) is 0 Å². The zero-order chi connectivity index (χ0) is 26.3. The maximum atomic E-state index is 13.7. The number of fused-ring (bicyclic) bond motifs is 1. The molecule has 0 unspecified atom stereocenters. The maximum absolute atomic E-state index is 13.7. The number of dihydropyridines is 1. The minimum Gasteiger partial charge on any atom is -0.462 e. The summed E-state index contributed by atoms with van der Waals surface area (Å²) in [6, 6.07) is 10.1. The van der Waals surface area contributed by atoms with Gasteiger partial charge >= 0.3 is 5.97 Å². The molecule has 2 heterocycles.